The van der Waals surface area contributed by atoms with Gasteiger partial charge in [0.15, 0.2) is 6.10 Å². The van der Waals surface area contributed by atoms with Gasteiger partial charge in [-0.2, -0.15) is 0 Å². The van der Waals surface area contributed by atoms with Crippen LogP contribution in [-0.4, -0.2) is 40.3 Å². The highest BCUT2D eigenvalue weighted by Gasteiger charge is 2.37. The molecule has 1 aromatic carbocycles. The summed E-state index contributed by atoms with van der Waals surface area (Å²) < 4.78 is 5.50. The van der Waals surface area contributed by atoms with E-state index in [0.29, 0.717) is 18.6 Å². The third kappa shape index (κ3) is 4.96. The molecule has 1 aromatic rings. The maximum atomic E-state index is 12.3. The zero-order valence-electron chi connectivity index (χ0n) is 14.0. The average Bonchev–Trinajstić information content (AvgIpc) is 2.53. The maximum Gasteiger partial charge on any atom is 0.305 e. The summed E-state index contributed by atoms with van der Waals surface area (Å²) in [6.07, 6.45) is 2.58. The van der Waals surface area contributed by atoms with E-state index in [-0.39, 0.29) is 13.0 Å². The molecule has 0 aliphatic heterocycles. The number of aliphatic hydroxyl groups is 1. The molecule has 0 radical (unpaired) electrons. The van der Waals surface area contributed by atoms with Gasteiger partial charge in [-0.25, -0.2) is 0 Å². The molecule has 1 aliphatic carbocycles. The van der Waals surface area contributed by atoms with Crippen molar-refractivity contribution in [1.29, 1.82) is 0 Å². The second-order valence-corrected chi connectivity index (χ2v) is 6.49. The van der Waals surface area contributed by atoms with Gasteiger partial charge in [0.1, 0.15) is 12.4 Å². The second-order valence-electron chi connectivity index (χ2n) is 6.49. The minimum Gasteiger partial charge on any atom is -0.490 e. The topological polar surface area (TPSA) is 95.9 Å². The summed E-state index contributed by atoms with van der Waals surface area (Å²) in [5, 5.41) is 22.0. The Morgan fingerprint density at radius 3 is 2.54 bits per heavy atom. The van der Waals surface area contributed by atoms with Crippen LogP contribution in [0.5, 0.6) is 5.75 Å². The smallest absolute Gasteiger partial charge is 0.305 e. The summed E-state index contributed by atoms with van der Waals surface area (Å²) in [6, 6.07) is 7.35. The molecule has 6 heteroatoms. The molecule has 0 spiro atoms. The first-order valence-corrected chi connectivity index (χ1v) is 8.32. The van der Waals surface area contributed by atoms with Crippen LogP contribution in [0.1, 0.15) is 44.1 Å². The van der Waals surface area contributed by atoms with Crippen molar-refractivity contribution in [2.24, 2.45) is 0 Å². The first-order chi connectivity index (χ1) is 11.4. The second kappa shape index (κ2) is 8.15. The summed E-state index contributed by atoms with van der Waals surface area (Å²) in [6.45, 7) is 1.71. The molecule has 1 aliphatic rings. The van der Waals surface area contributed by atoms with Crippen molar-refractivity contribution in [2.75, 3.05) is 6.61 Å². The largest absolute Gasteiger partial charge is 0.490 e. The minimum atomic E-state index is -1.34. The van der Waals surface area contributed by atoms with Crippen molar-refractivity contribution in [2.45, 2.75) is 57.1 Å². The van der Waals surface area contributed by atoms with Crippen LogP contribution >= 0.6 is 0 Å². The van der Waals surface area contributed by atoms with E-state index in [0.717, 1.165) is 24.8 Å². The van der Waals surface area contributed by atoms with E-state index in [1.807, 2.05) is 25.1 Å². The van der Waals surface area contributed by atoms with Crippen LogP contribution in [0.2, 0.25) is 0 Å². The monoisotopic (exact) mass is 335 g/mol. The van der Waals surface area contributed by atoms with Gasteiger partial charge >= 0.3 is 5.97 Å². The lowest BCUT2D eigenvalue weighted by molar-refractivity contribution is -0.140. The summed E-state index contributed by atoms with van der Waals surface area (Å²) >= 11 is 0. The molecule has 2 rings (SSSR count). The Bertz CT molecular complexity index is 581. The van der Waals surface area contributed by atoms with Crippen LogP contribution in [0.4, 0.5) is 0 Å². The number of ether oxygens (including phenoxy) is 1. The lowest BCUT2D eigenvalue weighted by Gasteiger charge is -2.37. The fourth-order valence-electron chi connectivity index (χ4n) is 3.17. The van der Waals surface area contributed by atoms with Crippen LogP contribution in [-0.2, 0) is 9.59 Å². The summed E-state index contributed by atoms with van der Waals surface area (Å²) in [4.78, 5) is 23.4. The van der Waals surface area contributed by atoms with Crippen molar-refractivity contribution in [1.82, 2.24) is 5.32 Å². The zero-order valence-corrected chi connectivity index (χ0v) is 14.0. The Morgan fingerprint density at radius 2 is 1.92 bits per heavy atom. The van der Waals surface area contributed by atoms with Crippen LogP contribution in [0.3, 0.4) is 0 Å². The van der Waals surface area contributed by atoms with Gasteiger partial charge in [0.25, 0.3) is 5.91 Å². The van der Waals surface area contributed by atoms with Gasteiger partial charge in [0.05, 0.1) is 12.0 Å². The first kappa shape index (κ1) is 18.3. The molecule has 0 bridgehead atoms. The lowest BCUT2D eigenvalue weighted by Crippen LogP contribution is -2.54. The third-order valence-electron chi connectivity index (χ3n) is 4.48. The number of carbonyl (C=O) groups excluding carboxylic acids is 1. The number of carboxylic acid groups (broad SMARTS) is 1. The summed E-state index contributed by atoms with van der Waals surface area (Å²) in [5.74, 6) is -0.906. The third-order valence-corrected chi connectivity index (χ3v) is 4.48. The Balaban J connectivity index is 1.93. The molecule has 1 fully saturated rings. The number of benzene rings is 1. The summed E-state index contributed by atoms with van der Waals surface area (Å²) in [7, 11) is 0. The maximum absolute atomic E-state index is 12.3. The number of aliphatic hydroxyl groups excluding tert-OH is 1. The lowest BCUT2D eigenvalue weighted by atomic mass is 9.79. The molecule has 0 unspecified atom stereocenters. The van der Waals surface area contributed by atoms with Gasteiger partial charge in [0.2, 0.25) is 0 Å². The van der Waals surface area contributed by atoms with Gasteiger partial charge in [-0.3, -0.25) is 9.59 Å². The highest BCUT2D eigenvalue weighted by molar-refractivity contribution is 5.82. The SMILES string of the molecule is Cc1ccccc1OC[C@H](O)C(=O)NC1(CC(=O)O)CCCCC1. The number of carboxylic acids is 1. The van der Waals surface area contributed by atoms with Gasteiger partial charge in [-0.1, -0.05) is 37.5 Å². The van der Waals surface area contributed by atoms with Crippen molar-refractivity contribution in [3.05, 3.63) is 29.8 Å². The minimum absolute atomic E-state index is 0.121. The molecular weight excluding hydrogens is 310 g/mol. The number of para-hydroxylation sites is 1. The fourth-order valence-corrected chi connectivity index (χ4v) is 3.17. The Kier molecular flexibility index (Phi) is 6.20. The molecule has 0 heterocycles. The fraction of sp³-hybridized carbons (Fsp3) is 0.556. The Hall–Kier alpha value is -2.08. The number of aliphatic carboxylic acids is 1. The van der Waals surface area contributed by atoms with Crippen LogP contribution < -0.4 is 10.1 Å². The zero-order chi connectivity index (χ0) is 17.6. The molecular formula is C18H25NO5. The number of amides is 1. The normalized spacial score (nSPS) is 17.8. The number of carbonyl (C=O) groups is 2. The molecule has 6 nitrogen and oxygen atoms in total. The Labute approximate surface area is 141 Å². The molecule has 1 saturated carbocycles. The van der Waals surface area contributed by atoms with E-state index in [9.17, 15) is 14.7 Å². The van der Waals surface area contributed by atoms with Gasteiger partial charge in [0, 0.05) is 0 Å². The van der Waals surface area contributed by atoms with E-state index < -0.39 is 23.5 Å². The highest BCUT2D eigenvalue weighted by atomic mass is 16.5. The van der Waals surface area contributed by atoms with E-state index in [1.165, 1.54) is 0 Å². The molecule has 24 heavy (non-hydrogen) atoms. The average molecular weight is 335 g/mol. The van der Waals surface area contributed by atoms with Gasteiger partial charge in [-0.15, -0.1) is 0 Å². The quantitative estimate of drug-likeness (QED) is 0.708. The highest BCUT2D eigenvalue weighted by Crippen LogP contribution is 2.31. The van der Waals surface area contributed by atoms with Crippen LogP contribution in [0, 0.1) is 6.92 Å². The summed E-state index contributed by atoms with van der Waals surface area (Å²) in [5.41, 5.74) is 0.157. The van der Waals surface area contributed by atoms with Gasteiger partial charge < -0.3 is 20.3 Å². The molecule has 1 atom stereocenters. The molecule has 132 valence electrons. The van der Waals surface area contributed by atoms with E-state index in [1.54, 1.807) is 6.07 Å². The van der Waals surface area contributed by atoms with Crippen LogP contribution in [0.15, 0.2) is 24.3 Å². The van der Waals surface area contributed by atoms with Crippen molar-refractivity contribution >= 4 is 11.9 Å². The first-order valence-electron chi connectivity index (χ1n) is 8.32. The van der Waals surface area contributed by atoms with E-state index in [4.69, 9.17) is 9.84 Å². The van der Waals surface area contributed by atoms with Crippen molar-refractivity contribution in [3.63, 3.8) is 0 Å². The predicted octanol–water partition coefficient (Wildman–Crippen LogP) is 2.03. The molecule has 0 aromatic heterocycles. The molecule has 1 amide bonds. The number of rotatable bonds is 7. The Morgan fingerprint density at radius 1 is 1.25 bits per heavy atom. The molecule has 3 N–H and O–H groups in total. The van der Waals surface area contributed by atoms with Crippen molar-refractivity contribution < 1.29 is 24.5 Å². The van der Waals surface area contributed by atoms with Gasteiger partial charge in [-0.05, 0) is 31.4 Å². The standard InChI is InChI=1S/C18H25NO5/c1-13-7-3-4-8-15(13)24-12-14(20)17(23)19-18(11-16(21)22)9-5-2-6-10-18/h3-4,7-8,14,20H,2,5-6,9-12H2,1H3,(H,19,23)(H,21,22)/t14-/m0/s1. The number of hydrogen-bond donors (Lipinski definition) is 3. The van der Waals surface area contributed by atoms with Crippen LogP contribution in [0.25, 0.3) is 0 Å². The number of nitrogens with one attached hydrogen (secondary N) is 1. The van der Waals surface area contributed by atoms with E-state index in [2.05, 4.69) is 5.32 Å². The number of hydrogen-bond acceptors (Lipinski definition) is 4. The molecule has 0 saturated heterocycles. The predicted molar refractivity (Wildman–Crippen MR) is 88.9 cm³/mol. The van der Waals surface area contributed by atoms with Crippen molar-refractivity contribution in [3.8, 4) is 5.75 Å². The van der Waals surface area contributed by atoms with E-state index >= 15 is 0 Å². The number of aryl methyl sites for hydroxylation is 1.